The topological polar surface area (TPSA) is 138 Å². The van der Waals surface area contributed by atoms with Gasteiger partial charge in [-0.1, -0.05) is 6.07 Å². The van der Waals surface area contributed by atoms with Crippen LogP contribution in [0.15, 0.2) is 48.7 Å². The zero-order valence-corrected chi connectivity index (χ0v) is 18.8. The summed E-state index contributed by atoms with van der Waals surface area (Å²) in [5.74, 6) is -2.95. The van der Waals surface area contributed by atoms with Gasteiger partial charge in [0.05, 0.1) is 11.7 Å². The number of hydrogen-bond acceptors (Lipinski definition) is 6. The summed E-state index contributed by atoms with van der Waals surface area (Å²) in [6.45, 7) is 1.79. The highest BCUT2D eigenvalue weighted by Crippen LogP contribution is 2.29. The predicted octanol–water partition coefficient (Wildman–Crippen LogP) is 2.84. The van der Waals surface area contributed by atoms with E-state index in [-0.39, 0.29) is 28.9 Å². The smallest absolute Gasteiger partial charge is 0.257 e. The van der Waals surface area contributed by atoms with Crippen LogP contribution in [-0.4, -0.2) is 39.2 Å². The Balaban J connectivity index is 1.50. The predicted molar refractivity (Wildman–Crippen MR) is 125 cm³/mol. The molecule has 8 nitrogen and oxygen atoms in total. The van der Waals surface area contributed by atoms with Crippen molar-refractivity contribution in [1.82, 2.24) is 10.3 Å². The van der Waals surface area contributed by atoms with Crippen molar-refractivity contribution in [3.05, 3.63) is 77.0 Å². The quantitative estimate of drug-likeness (QED) is 0.366. The highest BCUT2D eigenvalue weighted by molar-refractivity contribution is 6.00. The molecule has 35 heavy (non-hydrogen) atoms. The Bertz CT molecular complexity index is 1270. The third-order valence-electron chi connectivity index (χ3n) is 5.87. The van der Waals surface area contributed by atoms with Crippen LogP contribution in [0, 0.1) is 18.6 Å². The van der Waals surface area contributed by atoms with Crippen LogP contribution >= 0.6 is 0 Å². The maximum atomic E-state index is 13.4. The number of nitrogens with two attached hydrogens (primary N) is 1. The molecule has 182 valence electrons. The second-order valence-corrected chi connectivity index (χ2v) is 8.58. The normalized spacial score (nSPS) is 17.9. The number of amides is 2. The van der Waals surface area contributed by atoms with E-state index in [0.29, 0.717) is 30.2 Å². The summed E-state index contributed by atoms with van der Waals surface area (Å²) in [7, 11) is 0. The maximum absolute atomic E-state index is 13.4. The lowest BCUT2D eigenvalue weighted by molar-refractivity contribution is -0.124. The van der Waals surface area contributed by atoms with Gasteiger partial charge in [0.25, 0.3) is 11.8 Å². The number of nitrogens with one attached hydrogen (secondary N) is 2. The maximum Gasteiger partial charge on any atom is 0.257 e. The van der Waals surface area contributed by atoms with Crippen LogP contribution < -0.4 is 16.4 Å². The van der Waals surface area contributed by atoms with Gasteiger partial charge in [-0.25, -0.2) is 13.8 Å². The number of aromatic nitrogens is 1. The molecule has 0 aliphatic heterocycles. The molecule has 2 aromatic carbocycles. The van der Waals surface area contributed by atoms with E-state index in [0.717, 1.165) is 23.3 Å². The Kier molecular flexibility index (Phi) is 6.77. The van der Waals surface area contributed by atoms with E-state index < -0.39 is 29.7 Å². The minimum atomic E-state index is -1.76. The van der Waals surface area contributed by atoms with Gasteiger partial charge in [-0.15, -0.1) is 0 Å². The molecule has 0 spiro atoms. The van der Waals surface area contributed by atoms with Gasteiger partial charge in [0.15, 0.2) is 6.10 Å². The third kappa shape index (κ3) is 5.44. The largest absolute Gasteiger partial charge is 0.393 e. The Morgan fingerprint density at radius 2 is 1.80 bits per heavy atom. The first-order valence-corrected chi connectivity index (χ1v) is 10.9. The van der Waals surface area contributed by atoms with E-state index in [9.17, 15) is 28.6 Å². The van der Waals surface area contributed by atoms with Crippen molar-refractivity contribution in [2.24, 2.45) is 0 Å². The van der Waals surface area contributed by atoms with Gasteiger partial charge in [0.2, 0.25) is 0 Å². The fraction of sp³-hybridized carbons (Fsp3) is 0.240. The molecule has 1 aliphatic rings. The molecule has 1 fully saturated rings. The van der Waals surface area contributed by atoms with E-state index in [2.05, 4.69) is 15.6 Å². The summed E-state index contributed by atoms with van der Waals surface area (Å²) in [5.41, 5.74) is 8.36. The number of hydrogen-bond donors (Lipinski definition) is 5. The first-order chi connectivity index (χ1) is 16.6. The second kappa shape index (κ2) is 9.77. The Labute approximate surface area is 199 Å². The zero-order valence-electron chi connectivity index (χ0n) is 18.8. The van der Waals surface area contributed by atoms with Gasteiger partial charge in [0.1, 0.15) is 17.5 Å². The molecule has 1 aromatic heterocycles. The molecule has 0 unspecified atom stereocenters. The number of pyridine rings is 1. The molecule has 1 aliphatic carbocycles. The molecule has 6 N–H and O–H groups in total. The van der Waals surface area contributed by atoms with Crippen molar-refractivity contribution in [3.8, 4) is 11.1 Å². The molecule has 10 heteroatoms. The molecular weight excluding hydrogens is 458 g/mol. The van der Waals surface area contributed by atoms with E-state index in [1.165, 1.54) is 6.20 Å². The number of nitrogens with zero attached hydrogens (tertiary/aromatic N) is 1. The number of aliphatic hydroxyl groups excluding tert-OH is 2. The molecule has 3 aromatic rings. The SMILES string of the molecule is Cc1cc(NC(=O)[C@@H](O)c2cc(F)cc(F)c2)ccc1-c1cnc(N)c(C(=O)NC2CC(O)C2)c1. The van der Waals surface area contributed by atoms with Gasteiger partial charge in [0, 0.05) is 29.6 Å². The fourth-order valence-electron chi connectivity index (χ4n) is 3.93. The Morgan fingerprint density at radius 3 is 2.43 bits per heavy atom. The van der Waals surface area contributed by atoms with Crippen molar-refractivity contribution < 1.29 is 28.6 Å². The van der Waals surface area contributed by atoms with Crippen LogP contribution in [0.5, 0.6) is 0 Å². The summed E-state index contributed by atoms with van der Waals surface area (Å²) < 4.78 is 26.8. The van der Waals surface area contributed by atoms with Crippen LogP contribution in [-0.2, 0) is 4.79 Å². The number of nitrogen functional groups attached to an aromatic ring is 1. The van der Waals surface area contributed by atoms with Crippen molar-refractivity contribution in [3.63, 3.8) is 0 Å². The summed E-state index contributed by atoms with van der Waals surface area (Å²) in [5, 5.41) is 24.9. The lowest BCUT2D eigenvalue weighted by Gasteiger charge is -2.32. The average Bonchev–Trinajstić information content (AvgIpc) is 2.77. The summed E-state index contributed by atoms with van der Waals surface area (Å²) in [6.07, 6.45) is 0.350. The lowest BCUT2D eigenvalue weighted by Crippen LogP contribution is -2.46. The van der Waals surface area contributed by atoms with E-state index in [1.54, 1.807) is 31.2 Å². The number of carbonyl (C=O) groups excluding carboxylic acids is 2. The van der Waals surface area contributed by atoms with Crippen molar-refractivity contribution in [2.75, 3.05) is 11.1 Å². The van der Waals surface area contributed by atoms with Gasteiger partial charge in [-0.3, -0.25) is 9.59 Å². The lowest BCUT2D eigenvalue weighted by atomic mass is 9.89. The molecule has 1 heterocycles. The van der Waals surface area contributed by atoms with E-state index in [1.807, 2.05) is 0 Å². The fourth-order valence-corrected chi connectivity index (χ4v) is 3.93. The summed E-state index contributed by atoms with van der Waals surface area (Å²) in [4.78, 5) is 29.1. The second-order valence-electron chi connectivity index (χ2n) is 8.58. The monoisotopic (exact) mass is 482 g/mol. The molecule has 2 amide bonds. The van der Waals surface area contributed by atoms with Gasteiger partial charge in [-0.2, -0.15) is 0 Å². The number of halogens is 2. The van der Waals surface area contributed by atoms with Gasteiger partial charge < -0.3 is 26.6 Å². The Morgan fingerprint density at radius 1 is 1.11 bits per heavy atom. The van der Waals surface area contributed by atoms with Gasteiger partial charge >= 0.3 is 0 Å². The van der Waals surface area contributed by atoms with Crippen LogP contribution in [0.3, 0.4) is 0 Å². The Hall–Kier alpha value is -3.89. The van der Waals surface area contributed by atoms with Crippen LogP contribution in [0.1, 0.15) is 40.4 Å². The molecule has 0 bridgehead atoms. The van der Waals surface area contributed by atoms with Crippen LogP contribution in [0.2, 0.25) is 0 Å². The molecule has 1 saturated carbocycles. The summed E-state index contributed by atoms with van der Waals surface area (Å²) >= 11 is 0. The van der Waals surface area contributed by atoms with Crippen molar-refractivity contribution in [1.29, 1.82) is 0 Å². The standard InChI is InChI=1S/C25H24F2N4O4/c1-12-4-17(30-25(35)22(33)13-5-15(26)8-16(27)6-13)2-3-20(12)14-7-21(23(28)29-11-14)24(34)31-18-9-19(32)10-18/h2-8,11,18-19,22,32-33H,9-10H2,1H3,(H2,28,29)(H,30,35)(H,31,34)/t18?,19?,22-/m0/s1. The minimum absolute atomic E-state index is 0.0791. The highest BCUT2D eigenvalue weighted by atomic mass is 19.1. The van der Waals surface area contributed by atoms with Crippen molar-refractivity contribution >= 4 is 23.3 Å². The molecular formula is C25H24F2N4O4. The number of carbonyl (C=O) groups is 2. The van der Waals surface area contributed by atoms with Crippen LogP contribution in [0.25, 0.3) is 11.1 Å². The number of rotatable bonds is 6. The first kappa shape index (κ1) is 24.2. The molecule has 0 radical (unpaired) electrons. The minimum Gasteiger partial charge on any atom is -0.393 e. The average molecular weight is 482 g/mol. The number of aliphatic hydroxyl groups is 2. The number of aryl methyl sites for hydroxylation is 1. The van der Waals surface area contributed by atoms with E-state index >= 15 is 0 Å². The third-order valence-corrected chi connectivity index (χ3v) is 5.87. The molecule has 4 rings (SSSR count). The molecule has 1 atom stereocenters. The zero-order chi connectivity index (χ0) is 25.3. The molecule has 0 saturated heterocycles. The first-order valence-electron chi connectivity index (χ1n) is 10.9. The van der Waals surface area contributed by atoms with Crippen LogP contribution in [0.4, 0.5) is 20.3 Å². The van der Waals surface area contributed by atoms with Gasteiger partial charge in [-0.05, 0) is 66.8 Å². The highest BCUT2D eigenvalue weighted by Gasteiger charge is 2.29. The summed E-state index contributed by atoms with van der Waals surface area (Å²) in [6, 6.07) is 8.88. The van der Waals surface area contributed by atoms with E-state index in [4.69, 9.17) is 5.73 Å². The number of anilines is 2. The number of benzene rings is 2. The van der Waals surface area contributed by atoms with Crippen molar-refractivity contribution in [2.45, 2.75) is 38.0 Å².